The molecule has 1 aromatic carbocycles. The largest absolute Gasteiger partial charge is 0.324 e. The van der Waals surface area contributed by atoms with E-state index in [-0.39, 0.29) is 17.1 Å². The Morgan fingerprint density at radius 2 is 2.15 bits per heavy atom. The minimum absolute atomic E-state index is 0.0563. The molecule has 0 spiro atoms. The van der Waals surface area contributed by atoms with Crippen molar-refractivity contribution in [3.8, 4) is 10.6 Å². The first kappa shape index (κ1) is 17.5. The van der Waals surface area contributed by atoms with E-state index < -0.39 is 0 Å². The predicted molar refractivity (Wildman–Crippen MR) is 109 cm³/mol. The Kier molecular flexibility index (Phi) is 4.74. The van der Waals surface area contributed by atoms with Crippen molar-refractivity contribution in [2.24, 2.45) is 0 Å². The summed E-state index contributed by atoms with van der Waals surface area (Å²) >= 11 is 10.2. The molecule has 0 bridgehead atoms. The smallest absolute Gasteiger partial charge is 0.257 e. The highest BCUT2D eigenvalue weighted by Gasteiger charge is 2.24. The zero-order valence-corrected chi connectivity index (χ0v) is 16.6. The van der Waals surface area contributed by atoms with E-state index in [1.165, 1.54) is 34.4 Å². The van der Waals surface area contributed by atoms with Crippen LogP contribution in [-0.4, -0.2) is 22.0 Å². The normalized spacial score (nSPS) is 16.1. The number of thiophene rings is 1. The number of anilines is 2. The summed E-state index contributed by atoms with van der Waals surface area (Å²) in [6.45, 7) is 1.85. The Bertz CT molecular complexity index is 1010. The highest BCUT2D eigenvalue weighted by Crippen LogP contribution is 2.36. The first-order valence-electron chi connectivity index (χ1n) is 7.64. The van der Waals surface area contributed by atoms with E-state index in [2.05, 4.69) is 15.6 Å². The number of thioether (sulfide) groups is 1. The second-order valence-corrected chi connectivity index (χ2v) is 9.51. The molecule has 0 radical (unpaired) electrons. The number of carbonyl (C=O) groups excluding carboxylic acids is 2. The van der Waals surface area contributed by atoms with Gasteiger partial charge in [0.25, 0.3) is 5.91 Å². The van der Waals surface area contributed by atoms with Crippen molar-refractivity contribution in [1.29, 1.82) is 0 Å². The van der Waals surface area contributed by atoms with Crippen LogP contribution in [0.25, 0.3) is 10.6 Å². The van der Waals surface area contributed by atoms with Gasteiger partial charge in [-0.15, -0.1) is 34.4 Å². The van der Waals surface area contributed by atoms with Gasteiger partial charge in [-0.05, 0) is 37.3 Å². The number of benzene rings is 1. The molecule has 0 aliphatic carbocycles. The van der Waals surface area contributed by atoms with E-state index in [1.807, 2.05) is 30.5 Å². The Balaban J connectivity index is 1.51. The Labute approximate surface area is 166 Å². The van der Waals surface area contributed by atoms with Gasteiger partial charge in [0.1, 0.15) is 0 Å². The molecule has 4 rings (SSSR count). The fraction of sp³-hybridized carbons (Fsp3) is 0.118. The number of nitrogens with zero attached hydrogens (tertiary/aromatic N) is 1. The molecule has 1 atom stereocenters. The maximum atomic E-state index is 12.5. The van der Waals surface area contributed by atoms with Crippen LogP contribution in [-0.2, 0) is 4.79 Å². The van der Waals surface area contributed by atoms with E-state index in [1.54, 1.807) is 12.1 Å². The van der Waals surface area contributed by atoms with Crippen molar-refractivity contribution in [3.05, 3.63) is 45.6 Å². The number of hydrogen-bond donors (Lipinski definition) is 2. The molecular weight excluding hydrogens is 410 g/mol. The number of halogens is 1. The van der Waals surface area contributed by atoms with E-state index in [0.29, 0.717) is 20.7 Å². The summed E-state index contributed by atoms with van der Waals surface area (Å²) in [5.74, 6) is -0.324. The Hall–Kier alpha value is -1.87. The maximum absolute atomic E-state index is 12.5. The summed E-state index contributed by atoms with van der Waals surface area (Å²) in [7, 11) is 0. The van der Waals surface area contributed by atoms with Gasteiger partial charge < -0.3 is 5.32 Å². The number of amides is 2. The van der Waals surface area contributed by atoms with Gasteiger partial charge in [-0.3, -0.25) is 14.9 Å². The molecule has 1 aliphatic rings. The minimum Gasteiger partial charge on any atom is -0.324 e. The SMILES string of the molecule is CC1Sc2ccc(C(=O)Nc3nc(-c4ccc(Cl)s4)cs3)cc2NC1=O. The van der Waals surface area contributed by atoms with Crippen LogP contribution in [0.2, 0.25) is 4.34 Å². The molecule has 3 heterocycles. The predicted octanol–water partition coefficient (Wildman–Crippen LogP) is 5.21. The third-order valence-corrected chi connectivity index (χ3v) is 6.91. The van der Waals surface area contributed by atoms with Crippen LogP contribution in [0.1, 0.15) is 17.3 Å². The lowest BCUT2D eigenvalue weighted by atomic mass is 10.2. The van der Waals surface area contributed by atoms with Crippen LogP contribution >= 0.6 is 46.0 Å². The van der Waals surface area contributed by atoms with Gasteiger partial charge in [0, 0.05) is 15.8 Å². The molecule has 0 saturated heterocycles. The average Bonchev–Trinajstić information content (AvgIpc) is 3.24. The van der Waals surface area contributed by atoms with Gasteiger partial charge in [-0.1, -0.05) is 11.6 Å². The molecule has 0 saturated carbocycles. The van der Waals surface area contributed by atoms with Gasteiger partial charge >= 0.3 is 0 Å². The number of hydrogen-bond acceptors (Lipinski definition) is 6. The molecule has 2 aromatic heterocycles. The van der Waals surface area contributed by atoms with Crippen molar-refractivity contribution in [1.82, 2.24) is 4.98 Å². The third-order valence-electron chi connectivity index (χ3n) is 3.72. The molecule has 26 heavy (non-hydrogen) atoms. The monoisotopic (exact) mass is 421 g/mol. The summed E-state index contributed by atoms with van der Waals surface area (Å²) in [4.78, 5) is 30.7. The molecule has 3 aromatic rings. The maximum Gasteiger partial charge on any atom is 0.257 e. The van der Waals surface area contributed by atoms with Crippen LogP contribution in [0, 0.1) is 0 Å². The van der Waals surface area contributed by atoms with Crippen LogP contribution in [0.5, 0.6) is 0 Å². The molecule has 5 nitrogen and oxygen atoms in total. The summed E-state index contributed by atoms with van der Waals surface area (Å²) in [6.07, 6.45) is 0. The summed E-state index contributed by atoms with van der Waals surface area (Å²) in [5.41, 5.74) is 1.92. The average molecular weight is 422 g/mol. The van der Waals surface area contributed by atoms with Crippen molar-refractivity contribution in [2.75, 3.05) is 10.6 Å². The Morgan fingerprint density at radius 1 is 1.31 bits per heavy atom. The number of rotatable bonds is 3. The molecule has 1 unspecified atom stereocenters. The minimum atomic E-state index is -0.268. The van der Waals surface area contributed by atoms with E-state index in [4.69, 9.17) is 11.6 Å². The summed E-state index contributed by atoms with van der Waals surface area (Å²) < 4.78 is 0.696. The highest BCUT2D eigenvalue weighted by molar-refractivity contribution is 8.00. The second kappa shape index (κ2) is 7.03. The third kappa shape index (κ3) is 3.50. The van der Waals surface area contributed by atoms with Crippen LogP contribution < -0.4 is 10.6 Å². The first-order chi connectivity index (χ1) is 12.5. The number of carbonyl (C=O) groups is 2. The zero-order valence-electron chi connectivity index (χ0n) is 13.4. The summed E-state index contributed by atoms with van der Waals surface area (Å²) in [6, 6.07) is 9.01. The van der Waals surface area contributed by atoms with Gasteiger partial charge in [0.2, 0.25) is 5.91 Å². The topological polar surface area (TPSA) is 71.1 Å². The van der Waals surface area contributed by atoms with Gasteiger partial charge in [0.15, 0.2) is 5.13 Å². The molecule has 9 heteroatoms. The lowest BCUT2D eigenvalue weighted by Crippen LogP contribution is -2.26. The molecular formula is C17H12ClN3O2S3. The molecule has 1 aliphatic heterocycles. The zero-order chi connectivity index (χ0) is 18.3. The van der Waals surface area contributed by atoms with Crippen molar-refractivity contribution in [3.63, 3.8) is 0 Å². The van der Waals surface area contributed by atoms with Gasteiger partial charge in [-0.2, -0.15) is 0 Å². The molecule has 0 fully saturated rings. The number of nitrogens with one attached hydrogen (secondary N) is 2. The van der Waals surface area contributed by atoms with Crippen molar-refractivity contribution < 1.29 is 9.59 Å². The number of aromatic nitrogens is 1. The van der Waals surface area contributed by atoms with Crippen LogP contribution in [0.3, 0.4) is 0 Å². The number of fused-ring (bicyclic) bond motifs is 1. The van der Waals surface area contributed by atoms with Crippen molar-refractivity contribution in [2.45, 2.75) is 17.1 Å². The molecule has 2 N–H and O–H groups in total. The lowest BCUT2D eigenvalue weighted by molar-refractivity contribution is -0.115. The van der Waals surface area contributed by atoms with E-state index >= 15 is 0 Å². The quantitative estimate of drug-likeness (QED) is 0.608. The van der Waals surface area contributed by atoms with Crippen LogP contribution in [0.4, 0.5) is 10.8 Å². The van der Waals surface area contributed by atoms with Crippen LogP contribution in [0.15, 0.2) is 40.6 Å². The first-order valence-corrected chi connectivity index (χ1v) is 10.6. The summed E-state index contributed by atoms with van der Waals surface area (Å²) in [5, 5.41) is 7.89. The lowest BCUT2D eigenvalue weighted by Gasteiger charge is -2.21. The van der Waals surface area contributed by atoms with E-state index in [9.17, 15) is 9.59 Å². The standard InChI is InChI=1S/C17H12ClN3O2S3/c1-8-15(22)19-10-6-9(2-3-12(10)25-8)16(23)21-17-20-11(7-24-17)13-4-5-14(18)26-13/h2-8H,1H3,(H,19,22)(H,20,21,23). The molecule has 2 amide bonds. The fourth-order valence-electron chi connectivity index (χ4n) is 2.42. The molecule has 132 valence electrons. The Morgan fingerprint density at radius 3 is 2.92 bits per heavy atom. The van der Waals surface area contributed by atoms with E-state index in [0.717, 1.165) is 15.5 Å². The second-order valence-electron chi connectivity index (χ2n) is 5.56. The van der Waals surface area contributed by atoms with Gasteiger partial charge in [0.05, 0.1) is 25.8 Å². The number of thiazole rings is 1. The fourth-order valence-corrected chi connectivity index (χ4v) is 5.13. The van der Waals surface area contributed by atoms with Crippen molar-refractivity contribution >= 4 is 68.7 Å². The highest BCUT2D eigenvalue weighted by atomic mass is 35.5. The van der Waals surface area contributed by atoms with Gasteiger partial charge in [-0.25, -0.2) is 4.98 Å².